The molecule has 0 aliphatic carbocycles. The summed E-state index contributed by atoms with van der Waals surface area (Å²) in [5.41, 5.74) is 2.20. The van der Waals surface area contributed by atoms with E-state index >= 15 is 0 Å². The summed E-state index contributed by atoms with van der Waals surface area (Å²) < 4.78 is 13.1. The third kappa shape index (κ3) is 5.54. The van der Waals surface area contributed by atoms with Gasteiger partial charge in [-0.2, -0.15) is 0 Å². The lowest BCUT2D eigenvalue weighted by Gasteiger charge is -2.36. The summed E-state index contributed by atoms with van der Waals surface area (Å²) in [6, 6.07) is 16.8. The Balaban J connectivity index is 1.49. The molecule has 0 unspecified atom stereocenters. The molecule has 4 nitrogen and oxygen atoms in total. The topological polar surface area (TPSA) is 35.6 Å². The zero-order valence-corrected chi connectivity index (χ0v) is 15.9. The quantitative estimate of drug-likeness (QED) is 0.810. The highest BCUT2D eigenvalue weighted by molar-refractivity contribution is 5.78. The van der Waals surface area contributed by atoms with Gasteiger partial charge in [-0.25, -0.2) is 4.39 Å². The number of hydrogen-bond donors (Lipinski definition) is 1. The fourth-order valence-corrected chi connectivity index (χ4v) is 3.56. The number of carbonyl (C=O) groups excluding carboxylic acids is 1. The van der Waals surface area contributed by atoms with Crippen LogP contribution >= 0.6 is 0 Å². The van der Waals surface area contributed by atoms with Crippen molar-refractivity contribution in [2.75, 3.05) is 37.6 Å². The number of halogens is 1. The first kappa shape index (κ1) is 19.4. The number of nitrogens with one attached hydrogen (secondary N) is 1. The highest BCUT2D eigenvalue weighted by Gasteiger charge is 2.21. The fraction of sp³-hybridized carbons (Fsp3) is 0.409. The van der Waals surface area contributed by atoms with E-state index in [1.165, 1.54) is 12.1 Å². The van der Waals surface area contributed by atoms with Gasteiger partial charge in [0, 0.05) is 31.9 Å². The van der Waals surface area contributed by atoms with Crippen LogP contribution in [0, 0.1) is 5.82 Å². The zero-order chi connectivity index (χ0) is 19.1. The number of carbonyl (C=O) groups is 1. The normalized spacial score (nSPS) is 16.1. The van der Waals surface area contributed by atoms with Crippen molar-refractivity contribution in [3.05, 3.63) is 66.0 Å². The van der Waals surface area contributed by atoms with Crippen LogP contribution in [0.2, 0.25) is 0 Å². The largest absolute Gasteiger partial charge is 0.369 e. The van der Waals surface area contributed by atoms with E-state index < -0.39 is 0 Å². The Bertz CT molecular complexity index is 712. The Morgan fingerprint density at radius 1 is 1.04 bits per heavy atom. The minimum absolute atomic E-state index is 0.0733. The lowest BCUT2D eigenvalue weighted by atomic mass is 10.0. The van der Waals surface area contributed by atoms with Crippen molar-refractivity contribution >= 4 is 11.6 Å². The van der Waals surface area contributed by atoms with Crippen LogP contribution in [0.1, 0.15) is 31.4 Å². The fourth-order valence-electron chi connectivity index (χ4n) is 3.56. The van der Waals surface area contributed by atoms with Crippen molar-refractivity contribution in [3.8, 4) is 0 Å². The van der Waals surface area contributed by atoms with E-state index in [4.69, 9.17) is 0 Å². The first-order chi connectivity index (χ1) is 13.2. The number of hydrogen-bond acceptors (Lipinski definition) is 3. The third-order valence-electron chi connectivity index (χ3n) is 5.05. The van der Waals surface area contributed by atoms with E-state index in [1.54, 1.807) is 0 Å². The van der Waals surface area contributed by atoms with Crippen molar-refractivity contribution in [1.82, 2.24) is 10.2 Å². The van der Waals surface area contributed by atoms with Gasteiger partial charge in [0.2, 0.25) is 5.91 Å². The summed E-state index contributed by atoms with van der Waals surface area (Å²) in [6.45, 7) is 5.90. The molecule has 0 aromatic heterocycles. The first-order valence-corrected chi connectivity index (χ1v) is 9.73. The number of amides is 1. The Morgan fingerprint density at radius 3 is 2.33 bits per heavy atom. The maximum absolute atomic E-state index is 13.1. The zero-order valence-electron chi connectivity index (χ0n) is 15.9. The molecule has 1 saturated heterocycles. The number of piperazine rings is 1. The summed E-state index contributed by atoms with van der Waals surface area (Å²) in [6.07, 6.45) is 1.96. The van der Waals surface area contributed by atoms with Gasteiger partial charge in [0.1, 0.15) is 5.82 Å². The van der Waals surface area contributed by atoms with Crippen LogP contribution in [0.15, 0.2) is 54.6 Å². The number of benzene rings is 2. The second-order valence-electron chi connectivity index (χ2n) is 7.06. The van der Waals surface area contributed by atoms with E-state index in [0.717, 1.165) is 50.3 Å². The maximum atomic E-state index is 13.1. The summed E-state index contributed by atoms with van der Waals surface area (Å²) in [5, 5.41) is 3.19. The van der Waals surface area contributed by atoms with Gasteiger partial charge < -0.3 is 10.2 Å². The van der Waals surface area contributed by atoms with E-state index in [1.807, 2.05) is 30.3 Å². The average Bonchev–Trinajstić information content (AvgIpc) is 2.70. The second kappa shape index (κ2) is 9.51. The predicted molar refractivity (Wildman–Crippen MR) is 107 cm³/mol. The molecule has 5 heteroatoms. The molecular weight excluding hydrogens is 341 g/mol. The Kier molecular flexibility index (Phi) is 6.82. The third-order valence-corrected chi connectivity index (χ3v) is 5.05. The van der Waals surface area contributed by atoms with Gasteiger partial charge in [0.15, 0.2) is 0 Å². The molecule has 27 heavy (non-hydrogen) atoms. The molecule has 144 valence electrons. The van der Waals surface area contributed by atoms with Crippen LogP contribution in [0.25, 0.3) is 0 Å². The van der Waals surface area contributed by atoms with E-state index in [2.05, 4.69) is 34.2 Å². The number of anilines is 1. The molecule has 1 aliphatic heterocycles. The Morgan fingerprint density at radius 2 is 1.70 bits per heavy atom. The van der Waals surface area contributed by atoms with Gasteiger partial charge in [-0.05, 0) is 36.2 Å². The van der Waals surface area contributed by atoms with Gasteiger partial charge >= 0.3 is 0 Å². The molecule has 1 aliphatic rings. The molecule has 1 N–H and O–H groups in total. The molecule has 0 spiro atoms. The van der Waals surface area contributed by atoms with E-state index in [0.29, 0.717) is 6.54 Å². The lowest BCUT2D eigenvalue weighted by molar-refractivity contribution is -0.123. The molecule has 1 atom stereocenters. The number of rotatable bonds is 7. The minimum Gasteiger partial charge on any atom is -0.369 e. The summed E-state index contributed by atoms with van der Waals surface area (Å²) in [7, 11) is 0. The van der Waals surface area contributed by atoms with E-state index in [-0.39, 0.29) is 17.8 Å². The van der Waals surface area contributed by atoms with Gasteiger partial charge in [0.05, 0.1) is 12.6 Å². The summed E-state index contributed by atoms with van der Waals surface area (Å²) in [4.78, 5) is 17.0. The van der Waals surface area contributed by atoms with E-state index in [9.17, 15) is 9.18 Å². The Hall–Kier alpha value is -2.40. The highest BCUT2D eigenvalue weighted by atomic mass is 19.1. The van der Waals surface area contributed by atoms with Crippen molar-refractivity contribution in [1.29, 1.82) is 0 Å². The van der Waals surface area contributed by atoms with Crippen LogP contribution in [0.5, 0.6) is 0 Å². The lowest BCUT2D eigenvalue weighted by Crippen LogP contribution is -2.49. The van der Waals surface area contributed by atoms with Gasteiger partial charge in [-0.15, -0.1) is 0 Å². The van der Waals surface area contributed by atoms with Crippen molar-refractivity contribution in [2.45, 2.75) is 25.8 Å². The second-order valence-corrected chi connectivity index (χ2v) is 7.06. The highest BCUT2D eigenvalue weighted by Crippen LogP contribution is 2.19. The standard InChI is InChI=1S/C22H28FN3O/c1-2-6-21(18-7-4-3-5-8-18)24-22(27)17-25-13-15-26(16-14-25)20-11-9-19(23)10-12-20/h3-5,7-12,21H,2,6,13-17H2,1H3,(H,24,27)/t21-/m1/s1. The molecule has 2 aromatic carbocycles. The monoisotopic (exact) mass is 369 g/mol. The predicted octanol–water partition coefficient (Wildman–Crippen LogP) is 3.61. The molecule has 2 aromatic rings. The van der Waals surface area contributed by atoms with Crippen LogP contribution in [0.3, 0.4) is 0 Å². The molecule has 0 bridgehead atoms. The average molecular weight is 369 g/mol. The van der Waals surface area contributed by atoms with Crippen molar-refractivity contribution in [3.63, 3.8) is 0 Å². The van der Waals surface area contributed by atoms with Gasteiger partial charge in [-0.3, -0.25) is 9.69 Å². The van der Waals surface area contributed by atoms with Crippen LogP contribution in [-0.2, 0) is 4.79 Å². The minimum atomic E-state index is -0.214. The smallest absolute Gasteiger partial charge is 0.234 e. The van der Waals surface area contributed by atoms with Crippen molar-refractivity contribution in [2.24, 2.45) is 0 Å². The molecule has 1 amide bonds. The van der Waals surface area contributed by atoms with Crippen LogP contribution < -0.4 is 10.2 Å². The number of nitrogens with zero attached hydrogens (tertiary/aromatic N) is 2. The Labute approximate surface area is 161 Å². The maximum Gasteiger partial charge on any atom is 0.234 e. The molecule has 1 heterocycles. The molecular formula is C22H28FN3O. The summed E-state index contributed by atoms with van der Waals surface area (Å²) in [5.74, 6) is -0.137. The van der Waals surface area contributed by atoms with Crippen molar-refractivity contribution < 1.29 is 9.18 Å². The van der Waals surface area contributed by atoms with Gasteiger partial charge in [0.25, 0.3) is 0 Å². The SMILES string of the molecule is CCC[C@@H](NC(=O)CN1CCN(c2ccc(F)cc2)CC1)c1ccccc1. The van der Waals surface area contributed by atoms with Crippen LogP contribution in [0.4, 0.5) is 10.1 Å². The molecule has 0 saturated carbocycles. The van der Waals surface area contributed by atoms with Gasteiger partial charge in [-0.1, -0.05) is 43.7 Å². The molecule has 1 fully saturated rings. The van der Waals surface area contributed by atoms with Crippen LogP contribution in [-0.4, -0.2) is 43.5 Å². The molecule has 0 radical (unpaired) electrons. The molecule has 3 rings (SSSR count). The summed E-state index contributed by atoms with van der Waals surface area (Å²) >= 11 is 0. The first-order valence-electron chi connectivity index (χ1n) is 9.73.